The lowest BCUT2D eigenvalue weighted by Gasteiger charge is -2.30. The third-order valence-corrected chi connectivity index (χ3v) is 7.50. The predicted molar refractivity (Wildman–Crippen MR) is 137 cm³/mol. The second-order valence-electron chi connectivity index (χ2n) is 8.69. The highest BCUT2D eigenvalue weighted by Gasteiger charge is 2.41. The van der Waals surface area contributed by atoms with Gasteiger partial charge >= 0.3 is 5.90 Å². The van der Waals surface area contributed by atoms with Gasteiger partial charge in [0.1, 0.15) is 16.9 Å². The largest absolute Gasteiger partial charge is 0.505 e. The van der Waals surface area contributed by atoms with E-state index in [1.54, 1.807) is 0 Å². The van der Waals surface area contributed by atoms with Crippen LogP contribution in [0.25, 0.3) is 0 Å². The van der Waals surface area contributed by atoms with Crippen molar-refractivity contribution in [3.05, 3.63) is 80.1 Å². The highest BCUT2D eigenvalue weighted by atomic mass is 32.2. The fraction of sp³-hybridized carbons (Fsp3) is 0.292. The van der Waals surface area contributed by atoms with Crippen LogP contribution in [0.1, 0.15) is 11.1 Å². The summed E-state index contributed by atoms with van der Waals surface area (Å²) in [6, 6.07) is 12.3. The number of piperazine rings is 1. The molecule has 3 aromatic carbocycles. The maximum atomic E-state index is 12.2. The van der Waals surface area contributed by atoms with Gasteiger partial charge in [-0.25, -0.2) is 8.42 Å². The Labute approximate surface area is 212 Å². The van der Waals surface area contributed by atoms with Gasteiger partial charge in [0, 0.05) is 6.54 Å². The summed E-state index contributed by atoms with van der Waals surface area (Å²) in [6.07, 6.45) is -0.991. The fourth-order valence-corrected chi connectivity index (χ4v) is 5.02. The predicted octanol–water partition coefficient (Wildman–Crippen LogP) is -0.384. The van der Waals surface area contributed by atoms with Crippen LogP contribution in [0.2, 0.25) is 0 Å². The van der Waals surface area contributed by atoms with Crippen LogP contribution in [0.4, 0.5) is 17.1 Å². The molecule has 0 aliphatic carbocycles. The van der Waals surface area contributed by atoms with Crippen molar-refractivity contribution in [2.45, 2.75) is 18.9 Å². The van der Waals surface area contributed by atoms with Crippen molar-refractivity contribution in [3.63, 3.8) is 0 Å². The van der Waals surface area contributed by atoms with Gasteiger partial charge in [0.25, 0.3) is 10.9 Å². The van der Waals surface area contributed by atoms with Crippen LogP contribution in [-0.2, 0) is 16.6 Å². The van der Waals surface area contributed by atoms with Gasteiger partial charge in [-0.2, -0.15) is 8.88 Å². The molecule has 0 amide bonds. The summed E-state index contributed by atoms with van der Waals surface area (Å²) in [4.78, 5) is 24.4. The number of aliphatic hydroxyl groups is 3. The van der Waals surface area contributed by atoms with Crippen molar-refractivity contribution >= 4 is 33.0 Å². The molecule has 0 radical (unpaired) electrons. The number of hydrogen-bond acceptors (Lipinski definition) is 9. The van der Waals surface area contributed by atoms with E-state index in [4.69, 9.17) is 0 Å². The number of anilines is 3. The molecule has 196 valence electrons. The Hall–Kier alpha value is -3.78. The molecule has 0 spiro atoms. The molecule has 0 aromatic heterocycles. The van der Waals surface area contributed by atoms with E-state index in [9.17, 15) is 38.4 Å². The normalized spacial score (nSPS) is 18.2. The average molecular weight is 532 g/mol. The molecule has 12 nitrogen and oxygen atoms in total. The van der Waals surface area contributed by atoms with E-state index in [-0.39, 0.29) is 42.3 Å². The zero-order chi connectivity index (χ0) is 26.9. The van der Waals surface area contributed by atoms with E-state index in [1.807, 2.05) is 30.3 Å². The summed E-state index contributed by atoms with van der Waals surface area (Å²) < 4.78 is 26.1. The van der Waals surface area contributed by atoms with E-state index < -0.39 is 44.9 Å². The number of sulfonamides is 1. The number of para-hydroxylation sites is 1. The highest BCUT2D eigenvalue weighted by Crippen LogP contribution is 2.32. The van der Waals surface area contributed by atoms with Gasteiger partial charge in [0.15, 0.2) is 12.3 Å². The van der Waals surface area contributed by atoms with Crippen molar-refractivity contribution in [1.82, 2.24) is 4.31 Å². The number of aliphatic hydroxyl groups excluding tert-OH is 2. The first kappa shape index (κ1) is 26.3. The Kier molecular flexibility index (Phi) is 7.32. The van der Waals surface area contributed by atoms with Crippen LogP contribution < -0.4 is 21.5 Å². The Morgan fingerprint density at radius 1 is 1.08 bits per heavy atom. The summed E-state index contributed by atoms with van der Waals surface area (Å²) in [6.45, 7) is -0.0980. The number of aromatic hydroxyl groups is 1. The fourth-order valence-electron chi connectivity index (χ4n) is 4.18. The molecule has 1 saturated heterocycles. The number of rotatable bonds is 8. The van der Waals surface area contributed by atoms with Crippen molar-refractivity contribution in [2.75, 3.05) is 36.5 Å². The second-order valence-corrected chi connectivity index (χ2v) is 10.7. The minimum Gasteiger partial charge on any atom is -0.505 e. The van der Waals surface area contributed by atoms with Crippen LogP contribution in [0.15, 0.2) is 58.1 Å². The number of phenolic OH excluding ortho intramolecular Hbond substituents is 1. The molecule has 0 saturated carbocycles. The van der Waals surface area contributed by atoms with Crippen LogP contribution in [0, 0.1) is 0 Å². The number of nitrogens with zero attached hydrogens (tertiary/aromatic N) is 2. The molecule has 1 heterocycles. The summed E-state index contributed by atoms with van der Waals surface area (Å²) in [5.41, 5.74) is -0.635. The molecule has 1 unspecified atom stereocenters. The van der Waals surface area contributed by atoms with Gasteiger partial charge in [-0.05, 0) is 17.7 Å². The SMILES string of the molecule is CS(=O)(=O)N1CC[N+](=C(O)c2cccc(Nc3c(NCc4ccccc4)c(=O)c3=O)c2O)C(C(O)O)C1. The summed E-state index contributed by atoms with van der Waals surface area (Å²) in [5, 5.41) is 47.1. The summed E-state index contributed by atoms with van der Waals surface area (Å²) in [5.74, 6) is -0.974. The third-order valence-electron chi connectivity index (χ3n) is 6.23. The van der Waals surface area contributed by atoms with Crippen LogP contribution in [0.3, 0.4) is 0 Å². The van der Waals surface area contributed by atoms with E-state index in [0.717, 1.165) is 16.1 Å². The minimum atomic E-state index is -3.60. The van der Waals surface area contributed by atoms with Crippen molar-refractivity contribution in [2.24, 2.45) is 0 Å². The first-order chi connectivity index (χ1) is 17.5. The van der Waals surface area contributed by atoms with E-state index in [0.29, 0.717) is 6.54 Å². The van der Waals surface area contributed by atoms with E-state index in [1.165, 1.54) is 22.8 Å². The number of phenols is 1. The monoisotopic (exact) mass is 531 g/mol. The molecule has 3 aromatic rings. The van der Waals surface area contributed by atoms with Crippen molar-refractivity contribution in [1.29, 1.82) is 0 Å². The molecule has 0 bridgehead atoms. The second kappa shape index (κ2) is 10.3. The maximum absolute atomic E-state index is 12.2. The minimum absolute atomic E-state index is 0.0229. The Morgan fingerprint density at radius 3 is 2.41 bits per heavy atom. The lowest BCUT2D eigenvalue weighted by Crippen LogP contribution is -2.56. The highest BCUT2D eigenvalue weighted by molar-refractivity contribution is 7.88. The molecule has 1 fully saturated rings. The molecule has 4 rings (SSSR count). The molecule has 1 atom stereocenters. The van der Waals surface area contributed by atoms with Crippen molar-refractivity contribution in [3.8, 4) is 5.75 Å². The molecule has 37 heavy (non-hydrogen) atoms. The zero-order valence-corrected chi connectivity index (χ0v) is 20.6. The molecule has 1 aliphatic rings. The van der Waals surface area contributed by atoms with Crippen molar-refractivity contribution < 1.29 is 33.4 Å². The summed E-state index contributed by atoms with van der Waals surface area (Å²) >= 11 is 0. The topological polar surface area (TPSA) is 180 Å². The quantitative estimate of drug-likeness (QED) is 0.0737. The van der Waals surface area contributed by atoms with Gasteiger partial charge in [0.05, 0.1) is 25.0 Å². The molecule has 6 N–H and O–H groups in total. The standard InChI is InChI=1S/C24H26N4O8S/c1-37(35,36)27-10-11-28(17(13-27)24(33)34)23(32)15-8-5-9-16(20(15)29)26-19-18(21(30)22(19)31)25-12-14-6-3-2-4-7-14/h2-9,17,24,33-34H,10-13H2,1H3,(H3,25,26,29,30,31,32)/p+1. The number of benzene rings is 2. The lowest BCUT2D eigenvalue weighted by molar-refractivity contribution is -0.600. The first-order valence-electron chi connectivity index (χ1n) is 11.3. The third kappa shape index (κ3) is 5.34. The van der Waals surface area contributed by atoms with Gasteiger partial charge in [-0.15, -0.1) is 0 Å². The zero-order valence-electron chi connectivity index (χ0n) is 19.8. The van der Waals surface area contributed by atoms with Gasteiger partial charge in [0.2, 0.25) is 22.4 Å². The molecule has 1 aliphatic heterocycles. The summed E-state index contributed by atoms with van der Waals surface area (Å²) in [7, 11) is -3.60. The Balaban J connectivity index is 1.61. The van der Waals surface area contributed by atoms with Crippen LogP contribution >= 0.6 is 0 Å². The Bertz CT molecular complexity index is 1510. The van der Waals surface area contributed by atoms with Crippen LogP contribution in [0.5, 0.6) is 5.75 Å². The number of hydrogen-bond donors (Lipinski definition) is 6. The molecular weight excluding hydrogens is 504 g/mol. The van der Waals surface area contributed by atoms with Gasteiger partial charge in [-0.1, -0.05) is 36.4 Å². The lowest BCUT2D eigenvalue weighted by atomic mass is 10.1. The van der Waals surface area contributed by atoms with Crippen LogP contribution in [-0.4, -0.2) is 81.8 Å². The average Bonchev–Trinajstić information content (AvgIpc) is 2.88. The van der Waals surface area contributed by atoms with E-state index >= 15 is 0 Å². The smallest absolute Gasteiger partial charge is 0.371 e. The Morgan fingerprint density at radius 2 is 1.76 bits per heavy atom. The number of nitrogens with one attached hydrogen (secondary N) is 2. The first-order valence-corrected chi connectivity index (χ1v) is 13.2. The molecular formula is C24H27N4O8S+. The van der Waals surface area contributed by atoms with Gasteiger partial charge < -0.3 is 31.1 Å². The van der Waals surface area contributed by atoms with Gasteiger partial charge in [-0.3, -0.25) is 9.59 Å². The molecule has 13 heteroatoms. The van der Waals surface area contributed by atoms with E-state index in [2.05, 4.69) is 10.6 Å². The maximum Gasteiger partial charge on any atom is 0.371 e.